The SMILES string of the molecule is Cc1nnnn1-c1cccc(Nc2ncc(C#N)c(NC3CC(C)(C)N(C)C(C)(C)C3)n2)c1. The van der Waals surface area contributed by atoms with Crippen molar-refractivity contribution in [2.45, 2.75) is 64.6 Å². The highest BCUT2D eigenvalue weighted by Gasteiger charge is 2.43. The molecule has 3 aromatic rings. The van der Waals surface area contributed by atoms with Crippen molar-refractivity contribution in [3.8, 4) is 11.8 Å². The number of anilines is 3. The Morgan fingerprint density at radius 2 is 1.88 bits per heavy atom. The van der Waals surface area contributed by atoms with Crippen LogP contribution in [-0.2, 0) is 0 Å². The second-order valence-corrected chi connectivity index (χ2v) is 9.81. The summed E-state index contributed by atoms with van der Waals surface area (Å²) in [5, 5.41) is 28.0. The minimum absolute atomic E-state index is 0.0229. The van der Waals surface area contributed by atoms with Crippen molar-refractivity contribution in [3.63, 3.8) is 0 Å². The third kappa shape index (κ3) is 4.64. The number of hydrogen-bond acceptors (Lipinski definition) is 9. The van der Waals surface area contributed by atoms with Gasteiger partial charge < -0.3 is 10.6 Å². The summed E-state index contributed by atoms with van der Waals surface area (Å²) >= 11 is 0. The minimum Gasteiger partial charge on any atom is -0.366 e. The highest BCUT2D eigenvalue weighted by Crippen LogP contribution is 2.38. The van der Waals surface area contributed by atoms with Gasteiger partial charge >= 0.3 is 0 Å². The molecule has 0 bridgehead atoms. The van der Waals surface area contributed by atoms with E-state index in [0.717, 1.165) is 24.2 Å². The molecule has 2 aromatic heterocycles. The van der Waals surface area contributed by atoms with E-state index in [1.54, 1.807) is 10.9 Å². The number of aromatic nitrogens is 6. The van der Waals surface area contributed by atoms with E-state index in [0.29, 0.717) is 23.2 Å². The summed E-state index contributed by atoms with van der Waals surface area (Å²) in [5.74, 6) is 1.65. The molecule has 1 aliphatic heterocycles. The minimum atomic E-state index is 0.0229. The zero-order valence-electron chi connectivity index (χ0n) is 20.0. The van der Waals surface area contributed by atoms with Crippen molar-refractivity contribution in [2.75, 3.05) is 17.7 Å². The maximum atomic E-state index is 9.62. The van der Waals surface area contributed by atoms with Crippen LogP contribution in [0.3, 0.4) is 0 Å². The first kappa shape index (κ1) is 22.6. The van der Waals surface area contributed by atoms with Gasteiger partial charge in [-0.3, -0.25) is 4.90 Å². The van der Waals surface area contributed by atoms with E-state index in [9.17, 15) is 5.26 Å². The van der Waals surface area contributed by atoms with Crippen molar-refractivity contribution in [3.05, 3.63) is 41.9 Å². The van der Waals surface area contributed by atoms with Crippen LogP contribution in [0.2, 0.25) is 0 Å². The second kappa shape index (κ2) is 8.41. The van der Waals surface area contributed by atoms with Crippen molar-refractivity contribution in [2.24, 2.45) is 0 Å². The number of benzene rings is 1. The van der Waals surface area contributed by atoms with Crippen LogP contribution >= 0.6 is 0 Å². The number of rotatable bonds is 5. The molecule has 10 nitrogen and oxygen atoms in total. The van der Waals surface area contributed by atoms with Crippen LogP contribution in [0.5, 0.6) is 0 Å². The molecule has 172 valence electrons. The van der Waals surface area contributed by atoms with E-state index in [-0.39, 0.29) is 17.1 Å². The lowest BCUT2D eigenvalue weighted by molar-refractivity contribution is -0.00772. The molecule has 0 amide bonds. The smallest absolute Gasteiger partial charge is 0.229 e. The number of nitriles is 1. The van der Waals surface area contributed by atoms with E-state index in [1.165, 1.54) is 0 Å². The predicted octanol–water partition coefficient (Wildman–Crippen LogP) is 3.44. The third-order valence-corrected chi connectivity index (χ3v) is 6.53. The van der Waals surface area contributed by atoms with Crippen molar-refractivity contribution in [1.82, 2.24) is 35.1 Å². The molecule has 10 heteroatoms. The summed E-state index contributed by atoms with van der Waals surface area (Å²) in [6.07, 6.45) is 3.44. The van der Waals surface area contributed by atoms with Gasteiger partial charge in [-0.15, -0.1) is 5.10 Å². The molecule has 3 heterocycles. The van der Waals surface area contributed by atoms with Gasteiger partial charge in [-0.05, 0) is 83.1 Å². The van der Waals surface area contributed by atoms with Gasteiger partial charge in [-0.25, -0.2) is 4.98 Å². The predicted molar refractivity (Wildman–Crippen MR) is 126 cm³/mol. The highest BCUT2D eigenvalue weighted by atomic mass is 15.5. The summed E-state index contributed by atoms with van der Waals surface area (Å²) in [7, 11) is 2.18. The summed E-state index contributed by atoms with van der Waals surface area (Å²) in [5.41, 5.74) is 2.09. The number of hydrogen-bond donors (Lipinski definition) is 2. The van der Waals surface area contributed by atoms with Crippen molar-refractivity contribution < 1.29 is 0 Å². The molecule has 0 atom stereocenters. The van der Waals surface area contributed by atoms with Gasteiger partial charge in [0.05, 0.1) is 11.9 Å². The molecule has 2 N–H and O–H groups in total. The lowest BCUT2D eigenvalue weighted by atomic mass is 9.77. The van der Waals surface area contributed by atoms with Crippen LogP contribution in [0.25, 0.3) is 5.69 Å². The molecule has 0 saturated carbocycles. The molecular weight excluding hydrogens is 416 g/mol. The van der Waals surface area contributed by atoms with Crippen LogP contribution in [0.15, 0.2) is 30.5 Å². The van der Waals surface area contributed by atoms with Gasteiger partial charge in [-0.1, -0.05) is 6.07 Å². The number of nitrogens with zero attached hydrogens (tertiary/aromatic N) is 8. The van der Waals surface area contributed by atoms with E-state index < -0.39 is 0 Å². The Hall–Kier alpha value is -3.58. The van der Waals surface area contributed by atoms with Crippen molar-refractivity contribution in [1.29, 1.82) is 5.26 Å². The summed E-state index contributed by atoms with van der Waals surface area (Å²) in [4.78, 5) is 11.4. The number of tetrazole rings is 1. The molecule has 1 aliphatic rings. The maximum absolute atomic E-state index is 9.62. The van der Waals surface area contributed by atoms with E-state index in [2.05, 4.69) is 81.8 Å². The molecule has 4 rings (SSSR count). The summed E-state index contributed by atoms with van der Waals surface area (Å²) < 4.78 is 1.65. The lowest BCUT2D eigenvalue weighted by Gasteiger charge is -2.53. The van der Waals surface area contributed by atoms with Gasteiger partial charge in [0, 0.05) is 22.8 Å². The van der Waals surface area contributed by atoms with E-state index in [1.807, 2.05) is 31.2 Å². The van der Waals surface area contributed by atoms with E-state index >= 15 is 0 Å². The fraction of sp³-hybridized carbons (Fsp3) is 0.478. The molecule has 0 unspecified atom stereocenters. The summed E-state index contributed by atoms with van der Waals surface area (Å²) in [6.45, 7) is 10.8. The molecular formula is C23H30N10. The molecule has 1 fully saturated rings. The number of nitrogens with one attached hydrogen (secondary N) is 2. The topological polar surface area (TPSA) is 120 Å². The van der Waals surface area contributed by atoms with Gasteiger partial charge in [0.1, 0.15) is 17.5 Å². The first-order chi connectivity index (χ1) is 15.6. The molecule has 0 spiro atoms. The zero-order valence-corrected chi connectivity index (χ0v) is 20.0. The first-order valence-electron chi connectivity index (χ1n) is 11.0. The molecule has 0 aliphatic carbocycles. The first-order valence-corrected chi connectivity index (χ1v) is 11.0. The Balaban J connectivity index is 1.57. The zero-order chi connectivity index (χ0) is 23.8. The van der Waals surface area contributed by atoms with Gasteiger partial charge in [0.2, 0.25) is 5.95 Å². The number of likely N-dealkylation sites (tertiary alicyclic amines) is 1. The largest absolute Gasteiger partial charge is 0.366 e. The maximum Gasteiger partial charge on any atom is 0.229 e. The number of piperidine rings is 1. The second-order valence-electron chi connectivity index (χ2n) is 9.81. The quantitative estimate of drug-likeness (QED) is 0.607. The Morgan fingerprint density at radius 3 is 2.52 bits per heavy atom. The molecule has 1 saturated heterocycles. The molecule has 33 heavy (non-hydrogen) atoms. The Morgan fingerprint density at radius 1 is 1.15 bits per heavy atom. The van der Waals surface area contributed by atoms with Crippen LogP contribution in [-0.4, -0.2) is 59.2 Å². The fourth-order valence-corrected chi connectivity index (χ4v) is 4.62. The average Bonchev–Trinajstić information content (AvgIpc) is 3.18. The summed E-state index contributed by atoms with van der Waals surface area (Å²) in [6, 6.07) is 10.1. The van der Waals surface area contributed by atoms with Crippen LogP contribution < -0.4 is 10.6 Å². The Bertz CT molecular complexity index is 1170. The lowest BCUT2D eigenvalue weighted by Crippen LogP contribution is -2.61. The molecule has 0 radical (unpaired) electrons. The standard InChI is InChI=1S/C23H30N10/c1-15-29-30-31-33(15)19-9-7-8-17(10-19)27-21-25-14-16(13-24)20(28-21)26-18-11-22(2,3)32(6)23(4,5)12-18/h7-10,14,18H,11-12H2,1-6H3,(H2,25,26,27,28). The Kier molecular flexibility index (Phi) is 5.76. The third-order valence-electron chi connectivity index (χ3n) is 6.53. The van der Waals surface area contributed by atoms with Crippen LogP contribution in [0.1, 0.15) is 51.9 Å². The van der Waals surface area contributed by atoms with Gasteiger partial charge in [0.15, 0.2) is 5.82 Å². The molecule has 1 aromatic carbocycles. The van der Waals surface area contributed by atoms with Crippen molar-refractivity contribution >= 4 is 17.5 Å². The Labute approximate surface area is 194 Å². The van der Waals surface area contributed by atoms with Crippen LogP contribution in [0, 0.1) is 18.3 Å². The normalized spacial score (nSPS) is 18.0. The van der Waals surface area contributed by atoms with Crippen LogP contribution in [0.4, 0.5) is 17.5 Å². The van der Waals surface area contributed by atoms with Gasteiger partial charge in [0.25, 0.3) is 0 Å². The fourth-order valence-electron chi connectivity index (χ4n) is 4.62. The average molecular weight is 447 g/mol. The monoisotopic (exact) mass is 446 g/mol. The number of aryl methyl sites for hydroxylation is 1. The van der Waals surface area contributed by atoms with E-state index in [4.69, 9.17) is 0 Å². The highest BCUT2D eigenvalue weighted by molar-refractivity contribution is 5.61. The van der Waals surface area contributed by atoms with Gasteiger partial charge in [-0.2, -0.15) is 14.9 Å².